The van der Waals surface area contributed by atoms with E-state index in [0.717, 1.165) is 12.7 Å². The Labute approximate surface area is 223 Å². The minimum atomic E-state index is -0.633. The highest BCUT2D eigenvalue weighted by molar-refractivity contribution is 14.1. The molecule has 1 unspecified atom stereocenters. The van der Waals surface area contributed by atoms with E-state index in [1.165, 1.54) is 6.92 Å². The summed E-state index contributed by atoms with van der Waals surface area (Å²) in [5, 5.41) is 15.4. The molecule has 0 saturated carbocycles. The van der Waals surface area contributed by atoms with Crippen molar-refractivity contribution < 1.29 is 19.4 Å². The van der Waals surface area contributed by atoms with E-state index in [1.54, 1.807) is 12.1 Å². The normalized spacial score (nSPS) is 11.7. The van der Waals surface area contributed by atoms with Crippen LogP contribution >= 0.6 is 90.4 Å². The number of rotatable bonds is 7. The molecule has 0 heterocycles. The van der Waals surface area contributed by atoms with Crippen molar-refractivity contribution in [3.63, 3.8) is 0 Å². The van der Waals surface area contributed by atoms with Crippen LogP contribution in [0.5, 0.6) is 17.2 Å². The number of nitrogens with one attached hydrogen (secondary N) is 2. The van der Waals surface area contributed by atoms with Crippen LogP contribution < -0.4 is 15.4 Å². The molecular formula is C19H18I4N2O4. The molecule has 0 fully saturated rings. The van der Waals surface area contributed by atoms with Crippen molar-refractivity contribution in [2.45, 2.75) is 26.3 Å². The lowest BCUT2D eigenvalue weighted by molar-refractivity contribution is -0.128. The molecule has 0 bridgehead atoms. The number of carbonyl (C=O) groups is 2. The fourth-order valence-electron chi connectivity index (χ4n) is 2.53. The summed E-state index contributed by atoms with van der Waals surface area (Å²) in [6.07, 6.45) is 0.382. The zero-order valence-electron chi connectivity index (χ0n) is 15.5. The average molecular weight is 846 g/mol. The molecule has 2 amide bonds. The molecule has 0 aliphatic rings. The van der Waals surface area contributed by atoms with Crippen molar-refractivity contribution >= 4 is 102 Å². The average Bonchev–Trinajstić information content (AvgIpc) is 2.62. The van der Waals surface area contributed by atoms with Crippen molar-refractivity contribution in [1.82, 2.24) is 10.6 Å². The van der Waals surface area contributed by atoms with E-state index >= 15 is 0 Å². The summed E-state index contributed by atoms with van der Waals surface area (Å²) in [4.78, 5) is 23.8. The Morgan fingerprint density at radius 2 is 1.59 bits per heavy atom. The summed E-state index contributed by atoms with van der Waals surface area (Å²) < 4.78 is 9.29. The number of phenols is 1. The second-order valence-corrected chi connectivity index (χ2v) is 10.7. The summed E-state index contributed by atoms with van der Waals surface area (Å²) in [6, 6.07) is 6.82. The molecule has 0 radical (unpaired) electrons. The van der Waals surface area contributed by atoms with E-state index in [0.29, 0.717) is 31.6 Å². The maximum Gasteiger partial charge on any atom is 0.242 e. The van der Waals surface area contributed by atoms with Crippen molar-refractivity contribution in [3.05, 3.63) is 44.1 Å². The van der Waals surface area contributed by atoms with E-state index in [4.69, 9.17) is 4.74 Å². The highest BCUT2D eigenvalue weighted by Gasteiger charge is 2.21. The molecule has 2 rings (SSSR count). The first-order valence-electron chi connectivity index (χ1n) is 8.51. The smallest absolute Gasteiger partial charge is 0.242 e. The van der Waals surface area contributed by atoms with Gasteiger partial charge < -0.3 is 20.5 Å². The Balaban J connectivity index is 2.28. The highest BCUT2D eigenvalue weighted by Crippen LogP contribution is 2.36. The number of halogens is 4. The molecular weight excluding hydrogens is 828 g/mol. The number of carbonyl (C=O) groups excluding carboxylic acids is 2. The van der Waals surface area contributed by atoms with E-state index in [2.05, 4.69) is 101 Å². The van der Waals surface area contributed by atoms with E-state index in [-0.39, 0.29) is 17.6 Å². The summed E-state index contributed by atoms with van der Waals surface area (Å²) in [5.74, 6) is 1.14. The Hall–Kier alpha value is -0.100. The minimum absolute atomic E-state index is 0.207. The fraction of sp³-hybridized carbons (Fsp3) is 0.263. The summed E-state index contributed by atoms with van der Waals surface area (Å²) >= 11 is 8.53. The number of likely N-dealkylation sites (N-methyl/N-ethyl adjacent to an activating group) is 1. The quantitative estimate of drug-likeness (QED) is 0.351. The largest absolute Gasteiger partial charge is 0.506 e. The third-order valence-corrected chi connectivity index (χ3v) is 7.00. The molecule has 0 spiro atoms. The Kier molecular flexibility index (Phi) is 9.98. The molecule has 3 N–H and O–H groups in total. The third-order valence-electron chi connectivity index (χ3n) is 3.75. The van der Waals surface area contributed by atoms with Crippen LogP contribution in [-0.2, 0) is 16.0 Å². The van der Waals surface area contributed by atoms with Gasteiger partial charge in [-0.3, -0.25) is 9.59 Å². The maximum absolute atomic E-state index is 12.3. The molecule has 6 nitrogen and oxygen atoms in total. The number of hydrogen-bond acceptors (Lipinski definition) is 4. The molecule has 0 aliphatic heterocycles. The second-order valence-electron chi connectivity index (χ2n) is 6.08. The Morgan fingerprint density at radius 1 is 1.03 bits per heavy atom. The Bertz CT molecular complexity index is 890. The summed E-state index contributed by atoms with van der Waals surface area (Å²) in [5.41, 5.74) is 0.922. The predicted octanol–water partition coefficient (Wildman–Crippen LogP) is 4.79. The molecule has 1 atom stereocenters. The standard InChI is InChI=1S/C19H18I4N2O4/c1-3-24-19(28)16(25-9(2)26)6-10-4-14(22)18(15(23)5-10)29-11-7-12(20)17(27)13(21)8-11/h4-5,7-8,16,27H,3,6H2,1-2H3,(H,24,28)(H,25,26). The van der Waals surface area contributed by atoms with Gasteiger partial charge in [0, 0.05) is 19.9 Å². The third kappa shape index (κ3) is 7.22. The molecule has 2 aromatic carbocycles. The number of phenolic OH excluding ortho intramolecular Hbond substituents is 1. The van der Waals surface area contributed by atoms with Crippen LogP contribution in [0.25, 0.3) is 0 Å². The molecule has 0 aliphatic carbocycles. The molecule has 156 valence electrons. The van der Waals surface area contributed by atoms with Crippen LogP contribution in [0.3, 0.4) is 0 Å². The van der Waals surface area contributed by atoms with Gasteiger partial charge in [0.25, 0.3) is 0 Å². The highest BCUT2D eigenvalue weighted by atomic mass is 127. The zero-order valence-corrected chi connectivity index (χ0v) is 24.1. The van der Waals surface area contributed by atoms with Gasteiger partial charge in [0.2, 0.25) is 11.8 Å². The number of aromatic hydroxyl groups is 1. The van der Waals surface area contributed by atoms with Gasteiger partial charge in [0.1, 0.15) is 17.5 Å². The minimum Gasteiger partial charge on any atom is -0.506 e. The van der Waals surface area contributed by atoms with Crippen LogP contribution in [0.2, 0.25) is 0 Å². The lowest BCUT2D eigenvalue weighted by Gasteiger charge is -2.18. The van der Waals surface area contributed by atoms with Gasteiger partial charge in [-0.05, 0) is 127 Å². The van der Waals surface area contributed by atoms with Gasteiger partial charge in [-0.1, -0.05) is 0 Å². The lowest BCUT2D eigenvalue weighted by Crippen LogP contribution is -2.47. The van der Waals surface area contributed by atoms with E-state index in [9.17, 15) is 14.7 Å². The number of ether oxygens (including phenoxy) is 1. The van der Waals surface area contributed by atoms with Gasteiger partial charge in [-0.25, -0.2) is 0 Å². The van der Waals surface area contributed by atoms with Gasteiger partial charge in [0.05, 0.1) is 14.3 Å². The molecule has 10 heteroatoms. The van der Waals surface area contributed by atoms with Crippen LogP contribution in [0.1, 0.15) is 19.4 Å². The van der Waals surface area contributed by atoms with Crippen LogP contribution in [0.4, 0.5) is 0 Å². The van der Waals surface area contributed by atoms with Crippen molar-refractivity contribution in [2.24, 2.45) is 0 Å². The van der Waals surface area contributed by atoms with Crippen molar-refractivity contribution in [2.75, 3.05) is 6.54 Å². The van der Waals surface area contributed by atoms with Gasteiger partial charge >= 0.3 is 0 Å². The lowest BCUT2D eigenvalue weighted by atomic mass is 10.0. The monoisotopic (exact) mass is 846 g/mol. The van der Waals surface area contributed by atoms with Gasteiger partial charge in [-0.2, -0.15) is 0 Å². The van der Waals surface area contributed by atoms with E-state index in [1.807, 2.05) is 19.1 Å². The van der Waals surface area contributed by atoms with Gasteiger partial charge in [0.15, 0.2) is 5.75 Å². The van der Waals surface area contributed by atoms with Crippen molar-refractivity contribution in [1.29, 1.82) is 0 Å². The first-order valence-corrected chi connectivity index (χ1v) is 12.8. The number of benzene rings is 2. The zero-order chi connectivity index (χ0) is 21.7. The topological polar surface area (TPSA) is 87.7 Å². The van der Waals surface area contributed by atoms with Crippen molar-refractivity contribution in [3.8, 4) is 17.2 Å². The number of hydrogen-bond donors (Lipinski definition) is 3. The first kappa shape index (κ1) is 25.2. The van der Waals surface area contributed by atoms with Gasteiger partial charge in [-0.15, -0.1) is 0 Å². The second kappa shape index (κ2) is 11.5. The molecule has 0 aromatic heterocycles. The maximum atomic E-state index is 12.3. The molecule has 0 saturated heterocycles. The summed E-state index contributed by atoms with van der Waals surface area (Å²) in [7, 11) is 0. The SMILES string of the molecule is CCNC(=O)C(Cc1cc(I)c(Oc2cc(I)c(O)c(I)c2)c(I)c1)NC(C)=O. The molecule has 2 aromatic rings. The van der Waals surface area contributed by atoms with Crippen LogP contribution in [0.15, 0.2) is 24.3 Å². The first-order chi connectivity index (χ1) is 13.6. The fourth-order valence-corrected chi connectivity index (χ4v) is 6.36. The van der Waals surface area contributed by atoms with Crippen LogP contribution in [-0.4, -0.2) is 29.5 Å². The molecule has 29 heavy (non-hydrogen) atoms. The Morgan fingerprint density at radius 3 is 2.07 bits per heavy atom. The van der Waals surface area contributed by atoms with Crippen LogP contribution in [0, 0.1) is 14.3 Å². The summed E-state index contributed by atoms with van der Waals surface area (Å²) in [6.45, 7) is 3.74. The number of amides is 2. The predicted molar refractivity (Wildman–Crippen MR) is 145 cm³/mol. The van der Waals surface area contributed by atoms with E-state index < -0.39 is 6.04 Å².